The number of hydrogen-bond donors (Lipinski definition) is 0. The summed E-state index contributed by atoms with van der Waals surface area (Å²) in [6.07, 6.45) is 7.99. The van der Waals surface area contributed by atoms with Crippen LogP contribution in [0.2, 0.25) is 0 Å². The van der Waals surface area contributed by atoms with Gasteiger partial charge in [0.1, 0.15) is 5.75 Å². The third-order valence-electron chi connectivity index (χ3n) is 3.49. The van der Waals surface area contributed by atoms with Gasteiger partial charge in [0.2, 0.25) is 0 Å². The molecule has 0 saturated carbocycles. The molecule has 0 saturated heterocycles. The summed E-state index contributed by atoms with van der Waals surface area (Å²) < 4.78 is 5.20. The highest BCUT2D eigenvalue weighted by Gasteiger charge is 2.08. The lowest BCUT2D eigenvalue weighted by molar-refractivity contribution is 0.414. The van der Waals surface area contributed by atoms with E-state index in [-0.39, 0.29) is 0 Å². The summed E-state index contributed by atoms with van der Waals surface area (Å²) in [6, 6.07) is 8.58. The highest BCUT2D eigenvalue weighted by atomic mass is 16.5. The molecule has 0 heterocycles. The van der Waals surface area contributed by atoms with Crippen LogP contribution >= 0.6 is 0 Å². The molecular formula is C16H26O. The number of rotatable bonds is 8. The molecule has 0 aliphatic rings. The van der Waals surface area contributed by atoms with E-state index >= 15 is 0 Å². The summed E-state index contributed by atoms with van der Waals surface area (Å²) >= 11 is 0. The fourth-order valence-electron chi connectivity index (χ4n) is 2.30. The lowest BCUT2D eigenvalue weighted by atomic mass is 9.91. The maximum atomic E-state index is 5.20. The Morgan fingerprint density at radius 1 is 1.00 bits per heavy atom. The molecule has 17 heavy (non-hydrogen) atoms. The first-order chi connectivity index (χ1) is 8.31. The van der Waals surface area contributed by atoms with Crippen LogP contribution in [-0.4, -0.2) is 7.11 Å². The maximum absolute atomic E-state index is 5.20. The normalized spacial score (nSPS) is 12.4. The van der Waals surface area contributed by atoms with Gasteiger partial charge < -0.3 is 4.74 Å². The second kappa shape index (κ2) is 8.16. The molecule has 96 valence electrons. The fraction of sp³-hybridized carbons (Fsp3) is 0.625. The Kier molecular flexibility index (Phi) is 6.76. The predicted octanol–water partition coefficient (Wildman–Crippen LogP) is 5.16. The molecule has 0 fully saturated rings. The van der Waals surface area contributed by atoms with Crippen LogP contribution in [0.5, 0.6) is 5.75 Å². The van der Waals surface area contributed by atoms with Crippen LogP contribution < -0.4 is 4.74 Å². The Bertz CT molecular complexity index is 289. The van der Waals surface area contributed by atoms with Crippen LogP contribution in [0.25, 0.3) is 0 Å². The SMILES string of the molecule is CCCCCCC(CC)c1ccc(OC)cc1. The molecule has 1 nitrogen and oxygen atoms in total. The van der Waals surface area contributed by atoms with E-state index in [9.17, 15) is 0 Å². The Morgan fingerprint density at radius 3 is 2.24 bits per heavy atom. The monoisotopic (exact) mass is 234 g/mol. The van der Waals surface area contributed by atoms with E-state index in [1.54, 1.807) is 7.11 Å². The number of ether oxygens (including phenoxy) is 1. The quantitative estimate of drug-likeness (QED) is 0.564. The first-order valence-electron chi connectivity index (χ1n) is 6.95. The van der Waals surface area contributed by atoms with Gasteiger partial charge in [-0.05, 0) is 36.5 Å². The van der Waals surface area contributed by atoms with Gasteiger partial charge in [0.05, 0.1) is 7.11 Å². The third kappa shape index (κ3) is 4.80. The van der Waals surface area contributed by atoms with Gasteiger partial charge in [0.25, 0.3) is 0 Å². The summed E-state index contributed by atoms with van der Waals surface area (Å²) in [7, 11) is 1.72. The predicted molar refractivity (Wildman–Crippen MR) is 74.8 cm³/mol. The van der Waals surface area contributed by atoms with E-state index < -0.39 is 0 Å². The average molecular weight is 234 g/mol. The summed E-state index contributed by atoms with van der Waals surface area (Å²) in [5.74, 6) is 1.67. The van der Waals surface area contributed by atoms with Crippen LogP contribution in [0.3, 0.4) is 0 Å². The number of methoxy groups -OCH3 is 1. The lowest BCUT2D eigenvalue weighted by Gasteiger charge is -2.15. The van der Waals surface area contributed by atoms with Crippen molar-refractivity contribution in [2.75, 3.05) is 7.11 Å². The van der Waals surface area contributed by atoms with Gasteiger partial charge in [-0.3, -0.25) is 0 Å². The van der Waals surface area contributed by atoms with E-state index in [0.717, 1.165) is 11.7 Å². The van der Waals surface area contributed by atoms with Gasteiger partial charge in [0.15, 0.2) is 0 Å². The van der Waals surface area contributed by atoms with E-state index in [1.807, 2.05) is 0 Å². The van der Waals surface area contributed by atoms with Crippen molar-refractivity contribution in [2.45, 2.75) is 58.3 Å². The van der Waals surface area contributed by atoms with Crippen molar-refractivity contribution in [3.8, 4) is 5.75 Å². The van der Waals surface area contributed by atoms with E-state index in [0.29, 0.717) is 0 Å². The molecule has 0 aliphatic carbocycles. The largest absolute Gasteiger partial charge is 0.497 e. The second-order valence-corrected chi connectivity index (χ2v) is 4.73. The molecule has 0 aromatic heterocycles. The molecule has 0 N–H and O–H groups in total. The molecule has 1 rings (SSSR count). The zero-order valence-electron chi connectivity index (χ0n) is 11.5. The van der Waals surface area contributed by atoms with E-state index in [2.05, 4.69) is 38.1 Å². The Balaban J connectivity index is 2.47. The van der Waals surface area contributed by atoms with Crippen molar-refractivity contribution < 1.29 is 4.74 Å². The van der Waals surface area contributed by atoms with Crippen LogP contribution in [0.15, 0.2) is 24.3 Å². The zero-order chi connectivity index (χ0) is 12.5. The molecule has 1 aromatic carbocycles. The van der Waals surface area contributed by atoms with Crippen LogP contribution in [0.1, 0.15) is 63.9 Å². The maximum Gasteiger partial charge on any atom is 0.118 e. The van der Waals surface area contributed by atoms with Gasteiger partial charge >= 0.3 is 0 Å². The van der Waals surface area contributed by atoms with Gasteiger partial charge in [-0.1, -0.05) is 51.7 Å². The van der Waals surface area contributed by atoms with Crippen LogP contribution in [0.4, 0.5) is 0 Å². The topological polar surface area (TPSA) is 9.23 Å². The minimum absolute atomic E-state index is 0.720. The highest BCUT2D eigenvalue weighted by Crippen LogP contribution is 2.27. The Labute approximate surface area is 106 Å². The molecule has 1 unspecified atom stereocenters. The smallest absolute Gasteiger partial charge is 0.118 e. The van der Waals surface area contributed by atoms with Gasteiger partial charge in [-0.15, -0.1) is 0 Å². The standard InChI is InChI=1S/C16H26O/c1-4-6-7-8-9-14(5-2)15-10-12-16(17-3)13-11-15/h10-14H,4-9H2,1-3H3. The molecule has 0 amide bonds. The van der Waals surface area contributed by atoms with Crippen LogP contribution in [0, 0.1) is 0 Å². The molecule has 0 radical (unpaired) electrons. The summed E-state index contributed by atoms with van der Waals surface area (Å²) in [6.45, 7) is 4.55. The summed E-state index contributed by atoms with van der Waals surface area (Å²) in [5, 5.41) is 0. The van der Waals surface area contributed by atoms with Gasteiger partial charge in [0, 0.05) is 0 Å². The molecule has 1 aromatic rings. The molecule has 0 spiro atoms. The fourth-order valence-corrected chi connectivity index (χ4v) is 2.30. The van der Waals surface area contributed by atoms with E-state index in [4.69, 9.17) is 4.74 Å². The molecule has 0 aliphatic heterocycles. The summed E-state index contributed by atoms with van der Waals surface area (Å²) in [5.41, 5.74) is 1.46. The number of hydrogen-bond acceptors (Lipinski definition) is 1. The van der Waals surface area contributed by atoms with Crippen molar-refractivity contribution in [1.29, 1.82) is 0 Å². The van der Waals surface area contributed by atoms with Crippen molar-refractivity contribution in [3.63, 3.8) is 0 Å². The van der Waals surface area contributed by atoms with Crippen molar-refractivity contribution >= 4 is 0 Å². The first-order valence-corrected chi connectivity index (χ1v) is 6.95. The minimum atomic E-state index is 0.720. The van der Waals surface area contributed by atoms with Crippen molar-refractivity contribution in [2.24, 2.45) is 0 Å². The lowest BCUT2D eigenvalue weighted by Crippen LogP contribution is -1.97. The van der Waals surface area contributed by atoms with Crippen LogP contribution in [-0.2, 0) is 0 Å². The van der Waals surface area contributed by atoms with E-state index in [1.165, 1.54) is 44.1 Å². The molecule has 0 bridgehead atoms. The van der Waals surface area contributed by atoms with Gasteiger partial charge in [-0.2, -0.15) is 0 Å². The summed E-state index contributed by atoms with van der Waals surface area (Å²) in [4.78, 5) is 0. The van der Waals surface area contributed by atoms with Crippen molar-refractivity contribution in [3.05, 3.63) is 29.8 Å². The van der Waals surface area contributed by atoms with Gasteiger partial charge in [-0.25, -0.2) is 0 Å². The average Bonchev–Trinajstić information content (AvgIpc) is 2.39. The minimum Gasteiger partial charge on any atom is -0.497 e. The third-order valence-corrected chi connectivity index (χ3v) is 3.49. The van der Waals surface area contributed by atoms with Crippen molar-refractivity contribution in [1.82, 2.24) is 0 Å². The highest BCUT2D eigenvalue weighted by molar-refractivity contribution is 5.29. The molecule has 1 atom stereocenters. The zero-order valence-corrected chi connectivity index (χ0v) is 11.5. The second-order valence-electron chi connectivity index (χ2n) is 4.73. The number of unbranched alkanes of at least 4 members (excludes halogenated alkanes) is 3. The first kappa shape index (κ1) is 14.1. The Morgan fingerprint density at radius 2 is 1.71 bits per heavy atom. The molecular weight excluding hydrogens is 208 g/mol. The number of benzene rings is 1. The Hall–Kier alpha value is -0.980. The molecule has 1 heteroatoms.